The van der Waals surface area contributed by atoms with E-state index in [1.807, 2.05) is 38.1 Å². The Morgan fingerprint density at radius 1 is 0.971 bits per heavy atom. The van der Waals surface area contributed by atoms with Gasteiger partial charge in [-0.2, -0.15) is 0 Å². The number of rotatable bonds is 6. The van der Waals surface area contributed by atoms with Crippen molar-refractivity contribution in [2.24, 2.45) is 0 Å². The highest BCUT2D eigenvalue weighted by Gasteiger charge is 2.37. The zero-order valence-electron chi connectivity index (χ0n) is 19.4. The summed E-state index contributed by atoms with van der Waals surface area (Å²) in [6.07, 6.45) is 1.42. The van der Waals surface area contributed by atoms with Gasteiger partial charge in [0, 0.05) is 16.1 Å². The minimum atomic E-state index is -0.801. The van der Waals surface area contributed by atoms with E-state index in [0.717, 1.165) is 26.1 Å². The summed E-state index contributed by atoms with van der Waals surface area (Å²) >= 11 is 3.41. The lowest BCUT2D eigenvalue weighted by Gasteiger charge is -2.27. The van der Waals surface area contributed by atoms with Crippen LogP contribution in [0, 0.1) is 13.8 Å². The summed E-state index contributed by atoms with van der Waals surface area (Å²) in [4.78, 5) is 39.4. The van der Waals surface area contributed by atoms with Gasteiger partial charge in [0.15, 0.2) is 0 Å². The second-order valence-corrected chi connectivity index (χ2v) is 8.92. The third-order valence-corrected chi connectivity index (χ3v) is 6.43. The van der Waals surface area contributed by atoms with Crippen molar-refractivity contribution in [2.75, 3.05) is 12.0 Å². The van der Waals surface area contributed by atoms with Gasteiger partial charge in [-0.3, -0.25) is 14.9 Å². The number of hydrogen-bond acceptors (Lipinski definition) is 5. The van der Waals surface area contributed by atoms with Gasteiger partial charge in [-0.05, 0) is 61.4 Å². The number of halogens is 1. The minimum Gasteiger partial charge on any atom is -0.497 e. The first-order valence-corrected chi connectivity index (χ1v) is 11.6. The number of barbiturate groups is 1. The predicted octanol–water partition coefficient (Wildman–Crippen LogP) is 5.32. The highest BCUT2D eigenvalue weighted by Crippen LogP contribution is 2.30. The number of ether oxygens (including phenoxy) is 2. The number of benzene rings is 3. The third kappa shape index (κ3) is 5.27. The number of aryl methyl sites for hydroxylation is 2. The molecule has 1 aliphatic rings. The molecule has 1 heterocycles. The van der Waals surface area contributed by atoms with Crippen LogP contribution in [0.5, 0.6) is 11.5 Å². The molecule has 0 aliphatic carbocycles. The van der Waals surface area contributed by atoms with Gasteiger partial charge in [0.05, 0.1) is 12.8 Å². The summed E-state index contributed by atoms with van der Waals surface area (Å²) in [7, 11) is 1.54. The van der Waals surface area contributed by atoms with Crippen LogP contribution < -0.4 is 19.7 Å². The molecule has 0 radical (unpaired) electrons. The number of amides is 4. The molecule has 4 amide bonds. The minimum absolute atomic E-state index is 0.185. The van der Waals surface area contributed by atoms with Gasteiger partial charge in [0.2, 0.25) is 0 Å². The van der Waals surface area contributed by atoms with Gasteiger partial charge in [-0.15, -0.1) is 0 Å². The number of methoxy groups -OCH3 is 1. The summed E-state index contributed by atoms with van der Waals surface area (Å²) < 4.78 is 12.2. The Morgan fingerprint density at radius 3 is 2.40 bits per heavy atom. The molecule has 0 spiro atoms. The Kier molecular flexibility index (Phi) is 7.02. The van der Waals surface area contributed by atoms with Gasteiger partial charge in [0.25, 0.3) is 11.8 Å². The van der Waals surface area contributed by atoms with Gasteiger partial charge >= 0.3 is 6.03 Å². The molecule has 35 heavy (non-hydrogen) atoms. The molecule has 0 aromatic heterocycles. The molecule has 178 valence electrons. The number of urea groups is 1. The maximum atomic E-state index is 13.3. The molecular weight excluding hydrogens is 512 g/mol. The van der Waals surface area contributed by atoms with Crippen LogP contribution in [0.4, 0.5) is 10.5 Å². The SMILES string of the molecule is COc1ccc(/C=C2/C(=O)NC(=O)N(c3ccc(Br)c(C)c3)C2=O)c(OCc2ccc(C)cc2)c1. The van der Waals surface area contributed by atoms with E-state index in [0.29, 0.717) is 22.7 Å². The Bertz CT molecular complexity index is 1350. The first-order chi connectivity index (χ1) is 16.8. The first kappa shape index (κ1) is 24.2. The van der Waals surface area contributed by atoms with E-state index >= 15 is 0 Å². The largest absolute Gasteiger partial charge is 0.497 e. The number of hydrogen-bond donors (Lipinski definition) is 1. The van der Waals surface area contributed by atoms with E-state index in [2.05, 4.69) is 21.2 Å². The van der Waals surface area contributed by atoms with Crippen molar-refractivity contribution in [1.82, 2.24) is 5.32 Å². The molecule has 1 N–H and O–H groups in total. The highest BCUT2D eigenvalue weighted by molar-refractivity contribution is 9.10. The molecular formula is C27H23BrN2O5. The maximum absolute atomic E-state index is 13.3. The van der Waals surface area contributed by atoms with E-state index in [-0.39, 0.29) is 12.2 Å². The van der Waals surface area contributed by atoms with Crippen molar-refractivity contribution in [3.63, 3.8) is 0 Å². The number of nitrogens with one attached hydrogen (secondary N) is 1. The fourth-order valence-electron chi connectivity index (χ4n) is 3.55. The van der Waals surface area contributed by atoms with Gasteiger partial charge < -0.3 is 9.47 Å². The quantitative estimate of drug-likeness (QED) is 0.341. The number of carbonyl (C=O) groups is 3. The summed E-state index contributed by atoms with van der Waals surface area (Å²) in [5, 5.41) is 2.25. The molecule has 3 aromatic rings. The summed E-state index contributed by atoms with van der Waals surface area (Å²) in [5.41, 5.74) is 3.62. The molecule has 0 saturated carbocycles. The summed E-state index contributed by atoms with van der Waals surface area (Å²) in [6, 6.07) is 17.3. The zero-order chi connectivity index (χ0) is 25.1. The number of carbonyl (C=O) groups excluding carboxylic acids is 3. The van der Waals surface area contributed by atoms with Crippen LogP contribution in [-0.4, -0.2) is 25.0 Å². The van der Waals surface area contributed by atoms with Crippen molar-refractivity contribution in [3.8, 4) is 11.5 Å². The Hall–Kier alpha value is -3.91. The Morgan fingerprint density at radius 2 is 1.71 bits per heavy atom. The van der Waals surface area contributed by atoms with E-state index in [1.165, 1.54) is 6.08 Å². The van der Waals surface area contributed by atoms with Crippen LogP contribution >= 0.6 is 15.9 Å². The van der Waals surface area contributed by atoms with Crippen molar-refractivity contribution < 1.29 is 23.9 Å². The number of anilines is 1. The molecule has 4 rings (SSSR count). The lowest BCUT2D eigenvalue weighted by atomic mass is 10.1. The normalized spacial score (nSPS) is 14.8. The average molecular weight is 535 g/mol. The second kappa shape index (κ2) is 10.1. The molecule has 8 heteroatoms. The topological polar surface area (TPSA) is 84.9 Å². The van der Waals surface area contributed by atoms with Crippen molar-refractivity contribution in [3.05, 3.63) is 93.0 Å². The lowest BCUT2D eigenvalue weighted by Crippen LogP contribution is -2.54. The molecule has 0 unspecified atom stereocenters. The average Bonchev–Trinajstić information content (AvgIpc) is 2.84. The van der Waals surface area contributed by atoms with Crippen LogP contribution in [0.25, 0.3) is 6.08 Å². The highest BCUT2D eigenvalue weighted by atomic mass is 79.9. The zero-order valence-corrected chi connectivity index (χ0v) is 21.0. The van der Waals surface area contributed by atoms with Crippen molar-refractivity contribution in [2.45, 2.75) is 20.5 Å². The molecule has 1 fully saturated rings. The lowest BCUT2D eigenvalue weighted by molar-refractivity contribution is -0.122. The molecule has 0 bridgehead atoms. The van der Waals surface area contributed by atoms with Crippen LogP contribution in [0.2, 0.25) is 0 Å². The molecule has 1 saturated heterocycles. The predicted molar refractivity (Wildman–Crippen MR) is 136 cm³/mol. The fourth-order valence-corrected chi connectivity index (χ4v) is 3.79. The fraction of sp³-hybridized carbons (Fsp3) is 0.148. The van der Waals surface area contributed by atoms with Crippen LogP contribution in [-0.2, 0) is 16.2 Å². The third-order valence-electron chi connectivity index (χ3n) is 5.54. The van der Waals surface area contributed by atoms with Gasteiger partial charge in [-0.25, -0.2) is 9.69 Å². The smallest absolute Gasteiger partial charge is 0.335 e. The van der Waals surface area contributed by atoms with Gasteiger partial charge in [-0.1, -0.05) is 45.8 Å². The second-order valence-electron chi connectivity index (χ2n) is 8.07. The number of imide groups is 2. The van der Waals surface area contributed by atoms with Crippen molar-refractivity contribution in [1.29, 1.82) is 0 Å². The van der Waals surface area contributed by atoms with E-state index < -0.39 is 17.8 Å². The van der Waals surface area contributed by atoms with Crippen LogP contribution in [0.1, 0.15) is 22.3 Å². The molecule has 7 nitrogen and oxygen atoms in total. The molecule has 1 aliphatic heterocycles. The van der Waals surface area contributed by atoms with E-state index in [1.54, 1.807) is 43.5 Å². The van der Waals surface area contributed by atoms with Gasteiger partial charge in [0.1, 0.15) is 23.7 Å². The summed E-state index contributed by atoms with van der Waals surface area (Å²) in [6.45, 7) is 4.14. The van der Waals surface area contributed by atoms with Crippen LogP contribution in [0.3, 0.4) is 0 Å². The molecule has 0 atom stereocenters. The summed E-state index contributed by atoms with van der Waals surface area (Å²) in [5.74, 6) is -0.500. The van der Waals surface area contributed by atoms with E-state index in [4.69, 9.17) is 9.47 Å². The van der Waals surface area contributed by atoms with Crippen molar-refractivity contribution >= 4 is 45.5 Å². The van der Waals surface area contributed by atoms with Crippen LogP contribution in [0.15, 0.2) is 70.7 Å². The Labute approximate surface area is 211 Å². The standard InChI is InChI=1S/C27H23BrN2O5/c1-16-4-6-18(7-5-16)15-35-24-14-21(34-3)10-8-19(24)13-22-25(31)29-27(33)30(26(22)32)20-9-11-23(28)17(2)12-20/h4-14H,15H2,1-3H3,(H,29,31,33)/b22-13-. The monoisotopic (exact) mass is 534 g/mol. The number of nitrogens with zero attached hydrogens (tertiary/aromatic N) is 1. The van der Waals surface area contributed by atoms with E-state index in [9.17, 15) is 14.4 Å². The first-order valence-electron chi connectivity index (χ1n) is 10.8. The molecule has 3 aromatic carbocycles. The Balaban J connectivity index is 1.68. The maximum Gasteiger partial charge on any atom is 0.335 e.